The summed E-state index contributed by atoms with van der Waals surface area (Å²) in [6, 6.07) is 1.52. The van der Waals surface area contributed by atoms with Crippen molar-refractivity contribution < 1.29 is 5.11 Å². The molecular weight excluding hydrogens is 245 g/mol. The topological polar surface area (TPSA) is 53.1 Å². The van der Waals surface area contributed by atoms with Crippen LogP contribution < -0.4 is 5.56 Å². The number of halogens is 1. The van der Waals surface area contributed by atoms with Gasteiger partial charge in [-0.15, -0.1) is 0 Å². The van der Waals surface area contributed by atoms with Gasteiger partial charge in [-0.1, -0.05) is 0 Å². The Morgan fingerprint density at radius 3 is 2.80 bits per heavy atom. The van der Waals surface area contributed by atoms with E-state index < -0.39 is 0 Å². The second-order valence-electron chi connectivity index (χ2n) is 1.98. The number of rotatable bonds is 0. The van der Waals surface area contributed by atoms with Crippen LogP contribution in [0.1, 0.15) is 5.69 Å². The minimum atomic E-state index is -0.238. The van der Waals surface area contributed by atoms with Gasteiger partial charge in [0.05, 0.1) is 0 Å². The minimum absolute atomic E-state index is 0.0434. The molecule has 3 nitrogen and oxygen atoms in total. The van der Waals surface area contributed by atoms with Crippen molar-refractivity contribution in [1.82, 2.24) is 4.98 Å². The Hall–Kier alpha value is -0.520. The van der Waals surface area contributed by atoms with Crippen molar-refractivity contribution in [2.75, 3.05) is 0 Å². The van der Waals surface area contributed by atoms with E-state index in [-0.39, 0.29) is 11.3 Å². The van der Waals surface area contributed by atoms with Crippen LogP contribution in [-0.2, 0) is 0 Å². The van der Waals surface area contributed by atoms with E-state index in [9.17, 15) is 4.79 Å². The zero-order valence-corrected chi connectivity index (χ0v) is 7.47. The minimum Gasteiger partial charge on any atom is -0.507 e. The van der Waals surface area contributed by atoms with Crippen LogP contribution in [0, 0.1) is 10.5 Å². The van der Waals surface area contributed by atoms with Gasteiger partial charge in [0, 0.05) is 11.8 Å². The second kappa shape index (κ2) is 2.61. The molecule has 0 atom stereocenters. The van der Waals surface area contributed by atoms with Gasteiger partial charge in [-0.05, 0) is 29.5 Å². The fourth-order valence-electron chi connectivity index (χ4n) is 0.655. The van der Waals surface area contributed by atoms with Gasteiger partial charge in [-0.3, -0.25) is 4.79 Å². The number of aromatic nitrogens is 1. The molecule has 10 heavy (non-hydrogen) atoms. The summed E-state index contributed by atoms with van der Waals surface area (Å²) in [7, 11) is 0. The molecule has 1 rings (SSSR count). The lowest BCUT2D eigenvalue weighted by atomic mass is 10.4. The van der Waals surface area contributed by atoms with Crippen molar-refractivity contribution in [3.63, 3.8) is 0 Å². The lowest BCUT2D eigenvalue weighted by Gasteiger charge is -1.95. The number of aromatic hydroxyl groups is 1. The average Bonchev–Trinajstić information content (AvgIpc) is 1.82. The molecule has 0 aliphatic heterocycles. The van der Waals surface area contributed by atoms with Crippen LogP contribution in [0.25, 0.3) is 0 Å². The first-order chi connectivity index (χ1) is 4.61. The Balaban J connectivity index is 3.46. The molecule has 0 fully saturated rings. The first kappa shape index (κ1) is 7.59. The summed E-state index contributed by atoms with van der Waals surface area (Å²) in [5, 5.41) is 9.05. The van der Waals surface area contributed by atoms with E-state index in [0.717, 1.165) is 0 Å². The van der Waals surface area contributed by atoms with Gasteiger partial charge >= 0.3 is 0 Å². The smallest absolute Gasteiger partial charge is 0.265 e. The molecule has 1 aromatic heterocycles. The summed E-state index contributed by atoms with van der Waals surface area (Å²) >= 11 is 1.79. The van der Waals surface area contributed by atoms with Crippen molar-refractivity contribution in [2.24, 2.45) is 0 Å². The quantitative estimate of drug-likeness (QED) is 0.675. The molecule has 0 spiro atoms. The third-order valence-electron chi connectivity index (χ3n) is 1.09. The molecule has 0 saturated carbocycles. The van der Waals surface area contributed by atoms with Crippen LogP contribution in [0.5, 0.6) is 5.75 Å². The molecule has 0 aliphatic carbocycles. The van der Waals surface area contributed by atoms with E-state index in [0.29, 0.717) is 9.26 Å². The number of hydrogen-bond donors (Lipinski definition) is 2. The van der Waals surface area contributed by atoms with Crippen LogP contribution >= 0.6 is 22.6 Å². The maximum Gasteiger partial charge on any atom is 0.265 e. The maximum atomic E-state index is 10.8. The fraction of sp³-hybridized carbons (Fsp3) is 0.167. The highest BCUT2D eigenvalue weighted by atomic mass is 127. The number of hydrogen-bond acceptors (Lipinski definition) is 2. The molecule has 0 unspecified atom stereocenters. The van der Waals surface area contributed by atoms with E-state index in [1.54, 1.807) is 29.5 Å². The van der Waals surface area contributed by atoms with Crippen molar-refractivity contribution >= 4 is 22.6 Å². The number of pyridine rings is 1. The van der Waals surface area contributed by atoms with E-state index >= 15 is 0 Å². The molecule has 0 saturated heterocycles. The highest BCUT2D eigenvalue weighted by molar-refractivity contribution is 14.1. The third-order valence-corrected chi connectivity index (χ3v) is 2.13. The SMILES string of the molecule is Cc1cc(O)c(I)c(=O)[nH]1. The number of aryl methyl sites for hydroxylation is 1. The monoisotopic (exact) mass is 251 g/mol. The lowest BCUT2D eigenvalue weighted by Crippen LogP contribution is -2.09. The zero-order valence-electron chi connectivity index (χ0n) is 5.31. The summed E-state index contributed by atoms with van der Waals surface area (Å²) in [4.78, 5) is 13.4. The Bertz CT molecular complexity index is 305. The van der Waals surface area contributed by atoms with Gasteiger partial charge in [0.1, 0.15) is 9.32 Å². The predicted molar refractivity (Wildman–Crippen MR) is 46.2 cm³/mol. The van der Waals surface area contributed by atoms with E-state index in [1.807, 2.05) is 0 Å². The van der Waals surface area contributed by atoms with Crippen molar-refractivity contribution in [3.8, 4) is 5.75 Å². The van der Waals surface area contributed by atoms with Crippen molar-refractivity contribution in [1.29, 1.82) is 0 Å². The van der Waals surface area contributed by atoms with E-state index in [4.69, 9.17) is 5.11 Å². The molecule has 2 N–H and O–H groups in total. The van der Waals surface area contributed by atoms with E-state index in [1.165, 1.54) is 6.07 Å². The normalized spacial score (nSPS) is 9.80. The Labute approximate surface area is 71.2 Å². The predicted octanol–water partition coefficient (Wildman–Crippen LogP) is 0.994. The molecule has 0 amide bonds. The van der Waals surface area contributed by atoms with Crippen LogP contribution in [-0.4, -0.2) is 10.1 Å². The molecule has 1 aromatic rings. The Morgan fingerprint density at radius 2 is 2.30 bits per heavy atom. The molecule has 1 heterocycles. The largest absolute Gasteiger partial charge is 0.507 e. The third kappa shape index (κ3) is 1.31. The molecule has 54 valence electrons. The van der Waals surface area contributed by atoms with Crippen LogP contribution in [0.3, 0.4) is 0 Å². The summed E-state index contributed by atoms with van der Waals surface area (Å²) in [6.45, 7) is 1.72. The second-order valence-corrected chi connectivity index (χ2v) is 3.06. The average molecular weight is 251 g/mol. The van der Waals surface area contributed by atoms with Gasteiger partial charge < -0.3 is 10.1 Å². The highest BCUT2D eigenvalue weighted by Gasteiger charge is 2.01. The molecule has 0 radical (unpaired) electrons. The highest BCUT2D eigenvalue weighted by Crippen LogP contribution is 2.13. The Kier molecular flexibility index (Phi) is 1.98. The standard InChI is InChI=1S/C6H6INO2/c1-3-2-4(9)5(7)6(10)8-3/h2H,1H3,(H2,8,9,10). The molecule has 0 bridgehead atoms. The molecule has 0 aliphatic rings. The van der Waals surface area contributed by atoms with Gasteiger partial charge in [-0.2, -0.15) is 0 Å². The molecular formula is C6H6INO2. The first-order valence-electron chi connectivity index (χ1n) is 2.69. The zero-order chi connectivity index (χ0) is 7.72. The summed E-state index contributed by atoms with van der Waals surface area (Å²) in [5.41, 5.74) is 0.431. The number of nitrogens with one attached hydrogen (secondary N) is 1. The fourth-order valence-corrected chi connectivity index (χ4v) is 0.945. The molecule has 0 aromatic carbocycles. The van der Waals surface area contributed by atoms with Gasteiger partial charge in [0.2, 0.25) is 0 Å². The first-order valence-corrected chi connectivity index (χ1v) is 3.77. The number of aromatic amines is 1. The van der Waals surface area contributed by atoms with Crippen LogP contribution in [0.15, 0.2) is 10.9 Å². The Morgan fingerprint density at radius 1 is 1.70 bits per heavy atom. The molecule has 4 heteroatoms. The van der Waals surface area contributed by atoms with Crippen molar-refractivity contribution in [3.05, 3.63) is 25.7 Å². The number of H-pyrrole nitrogens is 1. The summed E-state index contributed by atoms with van der Waals surface area (Å²) < 4.78 is 0.336. The van der Waals surface area contributed by atoms with Crippen LogP contribution in [0.4, 0.5) is 0 Å². The summed E-state index contributed by atoms with van der Waals surface area (Å²) in [5.74, 6) is 0.0434. The van der Waals surface area contributed by atoms with Gasteiger partial charge in [0.25, 0.3) is 5.56 Å². The van der Waals surface area contributed by atoms with Gasteiger partial charge in [-0.25, -0.2) is 0 Å². The van der Waals surface area contributed by atoms with Crippen molar-refractivity contribution in [2.45, 2.75) is 6.92 Å². The van der Waals surface area contributed by atoms with Crippen LogP contribution in [0.2, 0.25) is 0 Å². The van der Waals surface area contributed by atoms with E-state index in [2.05, 4.69) is 4.98 Å². The van der Waals surface area contributed by atoms with Gasteiger partial charge in [0.15, 0.2) is 0 Å². The summed E-state index contributed by atoms with van der Waals surface area (Å²) in [6.07, 6.45) is 0. The lowest BCUT2D eigenvalue weighted by molar-refractivity contribution is 0.469. The maximum absolute atomic E-state index is 10.8.